The van der Waals surface area contributed by atoms with E-state index in [2.05, 4.69) is 46.0 Å². The summed E-state index contributed by atoms with van der Waals surface area (Å²) in [5.74, 6) is 1.64. The minimum Gasteiger partial charge on any atom is -0.491 e. The predicted octanol–water partition coefficient (Wildman–Crippen LogP) is 3.24. The number of nitrogens with zero attached hydrogens (tertiary/aromatic N) is 1. The summed E-state index contributed by atoms with van der Waals surface area (Å²) in [6, 6.07) is 18.4. The van der Waals surface area contributed by atoms with Gasteiger partial charge in [-0.1, -0.05) is 42.5 Å². The Hall–Kier alpha value is -1.80. The van der Waals surface area contributed by atoms with Crippen molar-refractivity contribution in [1.82, 2.24) is 10.6 Å². The second-order valence-electron chi connectivity index (χ2n) is 5.58. The fourth-order valence-corrected chi connectivity index (χ4v) is 2.36. The lowest BCUT2D eigenvalue weighted by Gasteiger charge is -2.13. The van der Waals surface area contributed by atoms with Crippen molar-refractivity contribution in [2.75, 3.05) is 33.9 Å². The highest BCUT2D eigenvalue weighted by atomic mass is 127. The van der Waals surface area contributed by atoms with Crippen molar-refractivity contribution in [2.45, 2.75) is 13.0 Å². The maximum absolute atomic E-state index is 5.64. The molecule has 0 aromatic heterocycles. The smallest absolute Gasteiger partial charge is 0.191 e. The predicted molar refractivity (Wildman–Crippen MR) is 118 cm³/mol. The van der Waals surface area contributed by atoms with Gasteiger partial charge in [0.1, 0.15) is 12.4 Å². The van der Waals surface area contributed by atoms with Crippen LogP contribution in [0.25, 0.3) is 0 Å². The fourth-order valence-electron chi connectivity index (χ4n) is 2.36. The molecule has 0 spiro atoms. The van der Waals surface area contributed by atoms with E-state index in [4.69, 9.17) is 9.47 Å². The van der Waals surface area contributed by atoms with Crippen molar-refractivity contribution < 1.29 is 9.47 Å². The van der Waals surface area contributed by atoms with E-state index < -0.39 is 0 Å². The molecule has 0 aliphatic carbocycles. The third kappa shape index (κ3) is 8.53. The zero-order valence-corrected chi connectivity index (χ0v) is 17.7. The Kier molecular flexibility index (Phi) is 11.5. The summed E-state index contributed by atoms with van der Waals surface area (Å²) in [4.78, 5) is 4.26. The van der Waals surface area contributed by atoms with Gasteiger partial charge < -0.3 is 20.1 Å². The molecule has 0 saturated heterocycles. The number of aliphatic imine (C=N–C) groups is 1. The number of methoxy groups -OCH3 is 1. The number of ether oxygens (including phenoxy) is 2. The largest absolute Gasteiger partial charge is 0.491 e. The van der Waals surface area contributed by atoms with Gasteiger partial charge in [-0.2, -0.15) is 0 Å². The third-order valence-electron chi connectivity index (χ3n) is 3.69. The Morgan fingerprint density at radius 2 is 1.73 bits per heavy atom. The van der Waals surface area contributed by atoms with Crippen LogP contribution in [0.1, 0.15) is 11.1 Å². The molecule has 26 heavy (non-hydrogen) atoms. The van der Waals surface area contributed by atoms with Crippen LogP contribution >= 0.6 is 24.0 Å². The van der Waals surface area contributed by atoms with Crippen molar-refractivity contribution in [3.8, 4) is 5.75 Å². The molecule has 5 nitrogen and oxygen atoms in total. The Labute approximate surface area is 173 Å². The summed E-state index contributed by atoms with van der Waals surface area (Å²) in [7, 11) is 3.45. The molecule has 0 atom stereocenters. The zero-order chi connectivity index (χ0) is 17.7. The molecule has 0 fully saturated rings. The van der Waals surface area contributed by atoms with Gasteiger partial charge in [0.05, 0.1) is 6.61 Å². The van der Waals surface area contributed by atoms with Crippen molar-refractivity contribution in [3.63, 3.8) is 0 Å². The maximum Gasteiger partial charge on any atom is 0.191 e. The minimum absolute atomic E-state index is 0. The minimum atomic E-state index is 0. The summed E-state index contributed by atoms with van der Waals surface area (Å²) in [6.45, 7) is 2.66. The van der Waals surface area contributed by atoms with E-state index in [0.29, 0.717) is 19.8 Å². The lowest BCUT2D eigenvalue weighted by Crippen LogP contribution is -2.37. The van der Waals surface area contributed by atoms with E-state index in [1.54, 1.807) is 14.2 Å². The first-order valence-corrected chi connectivity index (χ1v) is 8.51. The molecule has 0 saturated carbocycles. The molecule has 0 amide bonds. The van der Waals surface area contributed by atoms with Crippen LogP contribution in [-0.2, 0) is 17.7 Å². The van der Waals surface area contributed by atoms with Crippen LogP contribution in [0.5, 0.6) is 5.75 Å². The first-order valence-electron chi connectivity index (χ1n) is 8.51. The van der Waals surface area contributed by atoms with Crippen LogP contribution in [0.2, 0.25) is 0 Å². The Bertz CT molecular complexity index is 651. The quantitative estimate of drug-likeness (QED) is 0.256. The molecule has 2 aromatic carbocycles. The Morgan fingerprint density at radius 1 is 0.962 bits per heavy atom. The monoisotopic (exact) mass is 469 g/mol. The van der Waals surface area contributed by atoms with Crippen molar-refractivity contribution in [2.24, 2.45) is 4.99 Å². The summed E-state index contributed by atoms with van der Waals surface area (Å²) < 4.78 is 10.6. The molecule has 142 valence electrons. The average Bonchev–Trinajstić information content (AvgIpc) is 2.66. The van der Waals surface area contributed by atoms with Gasteiger partial charge in [-0.15, -0.1) is 24.0 Å². The second kappa shape index (κ2) is 13.4. The van der Waals surface area contributed by atoms with Gasteiger partial charge in [0.2, 0.25) is 0 Å². The molecular weight excluding hydrogens is 441 g/mol. The average molecular weight is 469 g/mol. The van der Waals surface area contributed by atoms with Gasteiger partial charge in [0.15, 0.2) is 5.96 Å². The van der Waals surface area contributed by atoms with E-state index >= 15 is 0 Å². The highest BCUT2D eigenvalue weighted by Crippen LogP contribution is 2.13. The number of hydrogen-bond donors (Lipinski definition) is 2. The van der Waals surface area contributed by atoms with Gasteiger partial charge in [-0.25, -0.2) is 0 Å². The molecule has 0 aliphatic rings. The molecule has 0 bridgehead atoms. The van der Waals surface area contributed by atoms with Crippen LogP contribution in [0.4, 0.5) is 0 Å². The molecule has 2 aromatic rings. The summed E-state index contributed by atoms with van der Waals surface area (Å²) >= 11 is 0. The zero-order valence-electron chi connectivity index (χ0n) is 15.4. The molecule has 0 aliphatic heterocycles. The molecule has 6 heteroatoms. The Morgan fingerprint density at radius 3 is 2.46 bits per heavy atom. The SMILES string of the molecule is CN=C(NCCc1ccccc1)NCc1cccc(OCCOC)c1.I. The fraction of sp³-hybridized carbons (Fsp3) is 0.350. The van der Waals surface area contributed by atoms with Gasteiger partial charge in [-0.3, -0.25) is 4.99 Å². The lowest BCUT2D eigenvalue weighted by molar-refractivity contribution is 0.146. The van der Waals surface area contributed by atoms with Crippen LogP contribution in [0, 0.1) is 0 Å². The van der Waals surface area contributed by atoms with Gasteiger partial charge in [0, 0.05) is 27.2 Å². The second-order valence-corrected chi connectivity index (χ2v) is 5.58. The van der Waals surface area contributed by atoms with E-state index in [0.717, 1.165) is 30.2 Å². The molecule has 0 radical (unpaired) electrons. The molecule has 2 rings (SSSR count). The number of halogens is 1. The number of hydrogen-bond acceptors (Lipinski definition) is 3. The number of guanidine groups is 1. The van der Waals surface area contributed by atoms with Crippen molar-refractivity contribution in [1.29, 1.82) is 0 Å². The first-order chi connectivity index (χ1) is 12.3. The van der Waals surface area contributed by atoms with E-state index in [1.807, 2.05) is 24.3 Å². The number of rotatable bonds is 9. The highest BCUT2D eigenvalue weighted by Gasteiger charge is 2.01. The summed E-state index contributed by atoms with van der Waals surface area (Å²) in [5.41, 5.74) is 2.45. The summed E-state index contributed by atoms with van der Waals surface area (Å²) in [6.07, 6.45) is 0.963. The van der Waals surface area contributed by atoms with Crippen LogP contribution < -0.4 is 15.4 Å². The van der Waals surface area contributed by atoms with E-state index in [-0.39, 0.29) is 24.0 Å². The van der Waals surface area contributed by atoms with Crippen LogP contribution in [0.3, 0.4) is 0 Å². The normalized spacial score (nSPS) is 10.8. The van der Waals surface area contributed by atoms with Gasteiger partial charge in [-0.05, 0) is 29.7 Å². The van der Waals surface area contributed by atoms with Crippen LogP contribution in [0.15, 0.2) is 59.6 Å². The van der Waals surface area contributed by atoms with Gasteiger partial charge in [0.25, 0.3) is 0 Å². The molecule has 2 N–H and O–H groups in total. The third-order valence-corrected chi connectivity index (χ3v) is 3.69. The summed E-state index contributed by atoms with van der Waals surface area (Å²) in [5, 5.41) is 6.66. The lowest BCUT2D eigenvalue weighted by atomic mass is 10.1. The van der Waals surface area contributed by atoms with Crippen LogP contribution in [-0.4, -0.2) is 39.9 Å². The standard InChI is InChI=1S/C20H27N3O2.HI/c1-21-20(22-12-11-17-7-4-3-5-8-17)23-16-18-9-6-10-19(15-18)25-14-13-24-2;/h3-10,15H,11-14,16H2,1-2H3,(H2,21,22,23);1H. The topological polar surface area (TPSA) is 54.9 Å². The molecule has 0 unspecified atom stereocenters. The Balaban J connectivity index is 0.00000338. The van der Waals surface area contributed by atoms with E-state index in [1.165, 1.54) is 5.56 Å². The number of nitrogens with one attached hydrogen (secondary N) is 2. The molecular formula is C20H28IN3O2. The van der Waals surface area contributed by atoms with Crippen molar-refractivity contribution in [3.05, 3.63) is 65.7 Å². The van der Waals surface area contributed by atoms with E-state index in [9.17, 15) is 0 Å². The maximum atomic E-state index is 5.64. The number of benzene rings is 2. The molecule has 0 heterocycles. The highest BCUT2D eigenvalue weighted by molar-refractivity contribution is 14.0. The van der Waals surface area contributed by atoms with Crippen molar-refractivity contribution >= 4 is 29.9 Å². The van der Waals surface area contributed by atoms with Gasteiger partial charge >= 0.3 is 0 Å². The first kappa shape index (κ1) is 22.2.